The molecule has 0 spiro atoms. The maximum atomic E-state index is 11.1. The Morgan fingerprint density at radius 2 is 1.93 bits per heavy atom. The average molecular weight is 201 g/mol. The Kier molecular flexibility index (Phi) is 7.74. The van der Waals surface area contributed by atoms with Gasteiger partial charge in [0.15, 0.2) is 0 Å². The van der Waals surface area contributed by atoms with Gasteiger partial charge in [0.2, 0.25) is 5.91 Å². The second-order valence-corrected chi connectivity index (χ2v) is 2.66. The van der Waals surface area contributed by atoms with E-state index in [1.165, 1.54) is 0 Å². The fraction of sp³-hybridized carbons (Fsp3) is 0.750. The Morgan fingerprint density at radius 3 is 2.36 bits per heavy atom. The van der Waals surface area contributed by atoms with E-state index in [9.17, 15) is 4.79 Å². The molecular weight excluding hydrogens is 186 g/mol. The van der Waals surface area contributed by atoms with Crippen LogP contribution in [0.3, 0.4) is 0 Å². The van der Waals surface area contributed by atoms with Crippen LogP contribution in [0, 0.1) is 11.3 Å². The Balaban J connectivity index is 3.77. The van der Waals surface area contributed by atoms with Gasteiger partial charge in [0.05, 0.1) is 25.8 Å². The zero-order chi connectivity index (χ0) is 10.8. The van der Waals surface area contributed by atoms with Crippen molar-refractivity contribution in [3.8, 4) is 6.07 Å². The summed E-state index contributed by atoms with van der Waals surface area (Å²) in [5, 5.41) is 27.9. The first-order valence-corrected chi connectivity index (χ1v) is 4.32. The zero-order valence-corrected chi connectivity index (χ0v) is 7.94. The van der Waals surface area contributed by atoms with Crippen LogP contribution >= 0.6 is 0 Å². The Morgan fingerprint density at radius 1 is 1.36 bits per heavy atom. The number of amides is 1. The van der Waals surface area contributed by atoms with Crippen LogP contribution in [-0.2, 0) is 4.79 Å². The van der Waals surface area contributed by atoms with Crippen LogP contribution in [0.2, 0.25) is 0 Å². The molecule has 0 radical (unpaired) electrons. The molecule has 0 bridgehead atoms. The molecule has 0 aliphatic rings. The molecule has 0 aliphatic heterocycles. The van der Waals surface area contributed by atoms with Gasteiger partial charge in [-0.05, 0) is 0 Å². The zero-order valence-electron chi connectivity index (χ0n) is 7.94. The van der Waals surface area contributed by atoms with Crippen LogP contribution in [0.1, 0.15) is 0 Å². The first kappa shape index (κ1) is 12.8. The number of aliphatic hydroxyl groups excluding tert-OH is 2. The average Bonchev–Trinajstić information content (AvgIpc) is 2.15. The minimum atomic E-state index is -0.284. The van der Waals surface area contributed by atoms with Crippen molar-refractivity contribution in [2.24, 2.45) is 0 Å². The standard InChI is InChI=1S/C8H15N3O3/c9-1-2-10-8(14)7-11(3-5-12)4-6-13/h12-13H,2-7H2,(H,10,14). The number of aliphatic hydroxyl groups is 2. The summed E-state index contributed by atoms with van der Waals surface area (Å²) in [4.78, 5) is 12.7. The van der Waals surface area contributed by atoms with E-state index in [-0.39, 0.29) is 32.2 Å². The number of nitrogens with one attached hydrogen (secondary N) is 1. The highest BCUT2D eigenvalue weighted by Gasteiger charge is 2.08. The molecule has 3 N–H and O–H groups in total. The van der Waals surface area contributed by atoms with Crippen molar-refractivity contribution in [1.29, 1.82) is 5.26 Å². The molecule has 0 saturated heterocycles. The molecular formula is C8H15N3O3. The van der Waals surface area contributed by atoms with Crippen molar-refractivity contribution < 1.29 is 15.0 Å². The van der Waals surface area contributed by atoms with Gasteiger partial charge in [-0.15, -0.1) is 0 Å². The van der Waals surface area contributed by atoms with Crippen molar-refractivity contribution in [3.05, 3.63) is 0 Å². The smallest absolute Gasteiger partial charge is 0.235 e. The van der Waals surface area contributed by atoms with E-state index in [4.69, 9.17) is 15.5 Å². The Hall–Kier alpha value is -1.16. The molecule has 0 aromatic rings. The number of rotatable bonds is 7. The summed E-state index contributed by atoms with van der Waals surface area (Å²) in [6.07, 6.45) is 0. The molecule has 0 aromatic carbocycles. The molecule has 14 heavy (non-hydrogen) atoms. The van der Waals surface area contributed by atoms with E-state index in [1.54, 1.807) is 11.0 Å². The monoisotopic (exact) mass is 201 g/mol. The SMILES string of the molecule is N#CCNC(=O)CN(CCO)CCO. The van der Waals surface area contributed by atoms with Gasteiger partial charge in [-0.2, -0.15) is 5.26 Å². The normalized spacial score (nSPS) is 9.86. The van der Waals surface area contributed by atoms with E-state index in [2.05, 4.69) is 5.32 Å². The van der Waals surface area contributed by atoms with Gasteiger partial charge >= 0.3 is 0 Å². The fourth-order valence-electron chi connectivity index (χ4n) is 0.950. The van der Waals surface area contributed by atoms with E-state index >= 15 is 0 Å². The third-order valence-corrected chi connectivity index (χ3v) is 1.56. The lowest BCUT2D eigenvalue weighted by atomic mass is 10.4. The van der Waals surface area contributed by atoms with Gasteiger partial charge in [0.1, 0.15) is 6.54 Å². The van der Waals surface area contributed by atoms with E-state index in [1.807, 2.05) is 0 Å². The highest BCUT2D eigenvalue weighted by Crippen LogP contribution is 1.86. The molecule has 0 saturated carbocycles. The molecule has 80 valence electrons. The third kappa shape index (κ3) is 6.37. The predicted molar refractivity (Wildman–Crippen MR) is 49.2 cm³/mol. The van der Waals surface area contributed by atoms with Crippen LogP contribution in [-0.4, -0.2) is 60.4 Å². The number of hydrogen-bond acceptors (Lipinski definition) is 5. The highest BCUT2D eigenvalue weighted by atomic mass is 16.3. The van der Waals surface area contributed by atoms with Crippen molar-refractivity contribution in [3.63, 3.8) is 0 Å². The predicted octanol–water partition coefficient (Wildman–Crippen LogP) is -2.09. The molecule has 1 amide bonds. The molecule has 6 heteroatoms. The second kappa shape index (κ2) is 8.44. The van der Waals surface area contributed by atoms with Crippen LogP contribution in [0.25, 0.3) is 0 Å². The van der Waals surface area contributed by atoms with Crippen molar-refractivity contribution in [1.82, 2.24) is 10.2 Å². The third-order valence-electron chi connectivity index (χ3n) is 1.56. The van der Waals surface area contributed by atoms with Crippen LogP contribution in [0.4, 0.5) is 0 Å². The highest BCUT2D eigenvalue weighted by molar-refractivity contribution is 5.78. The maximum Gasteiger partial charge on any atom is 0.235 e. The number of nitriles is 1. The minimum Gasteiger partial charge on any atom is -0.395 e. The maximum absolute atomic E-state index is 11.1. The Labute approximate surface area is 82.7 Å². The van der Waals surface area contributed by atoms with E-state index < -0.39 is 0 Å². The summed E-state index contributed by atoms with van der Waals surface area (Å²) >= 11 is 0. The summed E-state index contributed by atoms with van der Waals surface area (Å²) in [6.45, 7) is 0.603. The molecule has 0 heterocycles. The topological polar surface area (TPSA) is 96.6 Å². The lowest BCUT2D eigenvalue weighted by Gasteiger charge is -2.18. The molecule has 0 aliphatic carbocycles. The van der Waals surface area contributed by atoms with Crippen LogP contribution in [0.5, 0.6) is 0 Å². The summed E-state index contributed by atoms with van der Waals surface area (Å²) in [6, 6.07) is 1.79. The molecule has 0 rings (SSSR count). The molecule has 0 unspecified atom stereocenters. The molecule has 0 fully saturated rings. The van der Waals surface area contributed by atoms with Gasteiger partial charge in [-0.1, -0.05) is 0 Å². The van der Waals surface area contributed by atoms with Gasteiger partial charge in [-0.25, -0.2) is 0 Å². The molecule has 6 nitrogen and oxygen atoms in total. The lowest BCUT2D eigenvalue weighted by molar-refractivity contribution is -0.122. The van der Waals surface area contributed by atoms with Gasteiger partial charge < -0.3 is 15.5 Å². The van der Waals surface area contributed by atoms with Gasteiger partial charge in [0.25, 0.3) is 0 Å². The number of carbonyl (C=O) groups is 1. The lowest BCUT2D eigenvalue weighted by Crippen LogP contribution is -2.40. The molecule has 0 atom stereocenters. The number of hydrogen-bond donors (Lipinski definition) is 3. The summed E-state index contributed by atoms with van der Waals surface area (Å²) in [5.74, 6) is -0.284. The second-order valence-electron chi connectivity index (χ2n) is 2.66. The summed E-state index contributed by atoms with van der Waals surface area (Å²) in [5.41, 5.74) is 0. The van der Waals surface area contributed by atoms with Crippen molar-refractivity contribution >= 4 is 5.91 Å². The van der Waals surface area contributed by atoms with Crippen molar-refractivity contribution in [2.45, 2.75) is 0 Å². The Bertz CT molecular complexity index is 196. The van der Waals surface area contributed by atoms with Gasteiger partial charge in [0, 0.05) is 13.1 Å². The summed E-state index contributed by atoms with van der Waals surface area (Å²) in [7, 11) is 0. The fourth-order valence-corrected chi connectivity index (χ4v) is 0.950. The van der Waals surface area contributed by atoms with E-state index in [0.717, 1.165) is 0 Å². The first-order valence-electron chi connectivity index (χ1n) is 4.32. The minimum absolute atomic E-state index is 0.0229. The van der Waals surface area contributed by atoms with Crippen molar-refractivity contribution in [2.75, 3.05) is 39.4 Å². The van der Waals surface area contributed by atoms with E-state index in [0.29, 0.717) is 13.1 Å². The first-order chi connectivity index (χ1) is 6.74. The molecule has 0 aromatic heterocycles. The quantitative estimate of drug-likeness (QED) is 0.410. The number of nitrogens with zero attached hydrogens (tertiary/aromatic N) is 2. The summed E-state index contributed by atoms with van der Waals surface area (Å²) < 4.78 is 0. The van der Waals surface area contributed by atoms with Crippen LogP contribution in [0.15, 0.2) is 0 Å². The largest absolute Gasteiger partial charge is 0.395 e. The van der Waals surface area contributed by atoms with Gasteiger partial charge in [-0.3, -0.25) is 9.69 Å². The van der Waals surface area contributed by atoms with Crippen LogP contribution < -0.4 is 5.32 Å². The number of carbonyl (C=O) groups excluding carboxylic acids is 1.